The molecule has 114 valence electrons. The highest BCUT2D eigenvalue weighted by atomic mass is 19.1. The zero-order chi connectivity index (χ0) is 15.5. The number of nitrogens with zero attached hydrogens (tertiary/aromatic N) is 4. The first kappa shape index (κ1) is 14.4. The molecule has 1 N–H and O–H groups in total. The summed E-state index contributed by atoms with van der Waals surface area (Å²) >= 11 is 0. The molecule has 2 heterocycles. The molecular formula is C15H16FN5O. The Hall–Kier alpha value is -2.54. The molecule has 0 bridgehead atoms. The molecule has 22 heavy (non-hydrogen) atoms. The highest BCUT2D eigenvalue weighted by Gasteiger charge is 2.18. The predicted octanol–water partition coefficient (Wildman–Crippen LogP) is 2.37. The number of aromatic nitrogens is 4. The Bertz CT molecular complexity index is 765. The molecule has 0 aliphatic heterocycles. The highest BCUT2D eigenvalue weighted by molar-refractivity contribution is 5.76. The lowest BCUT2D eigenvalue weighted by molar-refractivity contribution is 0.392. The number of H-pyrrole nitrogens is 1. The van der Waals surface area contributed by atoms with Crippen LogP contribution in [-0.2, 0) is 6.42 Å². The van der Waals surface area contributed by atoms with Crippen molar-refractivity contribution in [3.05, 3.63) is 42.1 Å². The van der Waals surface area contributed by atoms with Crippen LogP contribution in [0.15, 0.2) is 35.0 Å². The molecule has 0 aliphatic carbocycles. The van der Waals surface area contributed by atoms with Crippen molar-refractivity contribution in [1.29, 1.82) is 0 Å². The molecule has 0 unspecified atom stereocenters. The van der Waals surface area contributed by atoms with E-state index in [4.69, 9.17) is 4.52 Å². The van der Waals surface area contributed by atoms with E-state index in [-0.39, 0.29) is 5.82 Å². The Balaban J connectivity index is 1.91. The standard InChI is InChI=1S/C15H16FN5O/c1-21(2)8-7-13-18-15(22-20-13)11-9-17-19-14(11)10-5-3-4-6-12(10)16/h3-6,9H,7-8H2,1-2H3,(H,17,19). The van der Waals surface area contributed by atoms with Crippen LogP contribution in [0.3, 0.4) is 0 Å². The minimum atomic E-state index is -0.333. The van der Waals surface area contributed by atoms with Gasteiger partial charge in [0.1, 0.15) is 5.82 Å². The van der Waals surface area contributed by atoms with E-state index in [9.17, 15) is 4.39 Å². The molecule has 1 aromatic carbocycles. The van der Waals surface area contributed by atoms with E-state index in [1.807, 2.05) is 19.0 Å². The van der Waals surface area contributed by atoms with E-state index in [1.54, 1.807) is 24.4 Å². The fourth-order valence-electron chi connectivity index (χ4n) is 2.11. The summed E-state index contributed by atoms with van der Waals surface area (Å²) in [5, 5.41) is 10.7. The third-order valence-corrected chi connectivity index (χ3v) is 3.26. The number of nitrogens with one attached hydrogen (secondary N) is 1. The lowest BCUT2D eigenvalue weighted by atomic mass is 10.1. The molecular weight excluding hydrogens is 285 g/mol. The van der Waals surface area contributed by atoms with Crippen LogP contribution >= 0.6 is 0 Å². The van der Waals surface area contributed by atoms with Gasteiger partial charge < -0.3 is 9.42 Å². The number of hydrogen-bond donors (Lipinski definition) is 1. The Morgan fingerprint density at radius 3 is 2.82 bits per heavy atom. The quantitative estimate of drug-likeness (QED) is 0.783. The molecule has 3 rings (SSSR count). The maximum absolute atomic E-state index is 13.9. The topological polar surface area (TPSA) is 70.8 Å². The third-order valence-electron chi connectivity index (χ3n) is 3.26. The second-order valence-electron chi connectivity index (χ2n) is 5.21. The minimum Gasteiger partial charge on any atom is -0.334 e. The Morgan fingerprint density at radius 1 is 1.23 bits per heavy atom. The Labute approximate surface area is 127 Å². The largest absolute Gasteiger partial charge is 0.334 e. The molecule has 0 saturated heterocycles. The lowest BCUT2D eigenvalue weighted by Gasteiger charge is -2.05. The van der Waals surface area contributed by atoms with Gasteiger partial charge in [-0.25, -0.2) is 4.39 Å². The van der Waals surface area contributed by atoms with Crippen LogP contribution in [0.5, 0.6) is 0 Å². The van der Waals surface area contributed by atoms with Crippen molar-refractivity contribution < 1.29 is 8.91 Å². The van der Waals surface area contributed by atoms with E-state index in [2.05, 4.69) is 20.3 Å². The normalized spacial score (nSPS) is 11.3. The van der Waals surface area contributed by atoms with E-state index < -0.39 is 0 Å². The number of aromatic amines is 1. The molecule has 0 fully saturated rings. The van der Waals surface area contributed by atoms with Crippen molar-refractivity contribution in [1.82, 2.24) is 25.2 Å². The number of hydrogen-bond acceptors (Lipinski definition) is 5. The summed E-state index contributed by atoms with van der Waals surface area (Å²) < 4.78 is 19.2. The number of likely N-dealkylation sites (N-methyl/N-ethyl adjacent to an activating group) is 1. The second-order valence-corrected chi connectivity index (χ2v) is 5.21. The van der Waals surface area contributed by atoms with Gasteiger partial charge in [-0.15, -0.1) is 0 Å². The van der Waals surface area contributed by atoms with Crippen LogP contribution in [0.1, 0.15) is 5.82 Å². The van der Waals surface area contributed by atoms with E-state index in [1.165, 1.54) is 6.07 Å². The van der Waals surface area contributed by atoms with Crippen LogP contribution in [0, 0.1) is 5.82 Å². The van der Waals surface area contributed by atoms with Gasteiger partial charge >= 0.3 is 0 Å². The zero-order valence-electron chi connectivity index (χ0n) is 12.4. The van der Waals surface area contributed by atoms with Gasteiger partial charge in [-0.3, -0.25) is 5.10 Å². The van der Waals surface area contributed by atoms with Crippen molar-refractivity contribution in [2.75, 3.05) is 20.6 Å². The van der Waals surface area contributed by atoms with E-state index >= 15 is 0 Å². The molecule has 3 aromatic rings. The fraction of sp³-hybridized carbons (Fsp3) is 0.267. The van der Waals surface area contributed by atoms with Gasteiger partial charge in [0.25, 0.3) is 5.89 Å². The molecule has 2 aromatic heterocycles. The first-order chi connectivity index (χ1) is 10.6. The maximum atomic E-state index is 13.9. The van der Waals surface area contributed by atoms with Gasteiger partial charge in [0.05, 0.1) is 17.5 Å². The monoisotopic (exact) mass is 301 g/mol. The van der Waals surface area contributed by atoms with Crippen LogP contribution in [-0.4, -0.2) is 45.9 Å². The second kappa shape index (κ2) is 6.07. The lowest BCUT2D eigenvalue weighted by Crippen LogP contribution is -2.15. The summed E-state index contributed by atoms with van der Waals surface area (Å²) in [5.41, 5.74) is 1.54. The van der Waals surface area contributed by atoms with Crippen molar-refractivity contribution in [3.8, 4) is 22.7 Å². The minimum absolute atomic E-state index is 0.333. The molecule has 0 spiro atoms. The molecule has 0 radical (unpaired) electrons. The van der Waals surface area contributed by atoms with Gasteiger partial charge in [0, 0.05) is 18.5 Å². The first-order valence-electron chi connectivity index (χ1n) is 6.91. The Kier molecular flexibility index (Phi) is 3.97. The molecule has 0 saturated carbocycles. The van der Waals surface area contributed by atoms with Gasteiger partial charge in [-0.1, -0.05) is 17.3 Å². The number of rotatable bonds is 5. The summed E-state index contributed by atoms with van der Waals surface area (Å²) in [6, 6.07) is 6.48. The van der Waals surface area contributed by atoms with Crippen molar-refractivity contribution in [2.45, 2.75) is 6.42 Å². The average molecular weight is 301 g/mol. The summed E-state index contributed by atoms with van der Waals surface area (Å²) in [6.07, 6.45) is 2.24. The van der Waals surface area contributed by atoms with Crippen LogP contribution in [0.4, 0.5) is 4.39 Å². The summed E-state index contributed by atoms with van der Waals surface area (Å²) in [6.45, 7) is 0.824. The SMILES string of the molecule is CN(C)CCc1noc(-c2cn[nH]c2-c2ccccc2F)n1. The number of halogens is 1. The van der Waals surface area contributed by atoms with Crippen LogP contribution in [0.25, 0.3) is 22.7 Å². The molecule has 0 aliphatic rings. The third kappa shape index (κ3) is 2.89. The van der Waals surface area contributed by atoms with Crippen LogP contribution < -0.4 is 0 Å². The maximum Gasteiger partial charge on any atom is 0.261 e. The van der Waals surface area contributed by atoms with Gasteiger partial charge in [-0.05, 0) is 26.2 Å². The van der Waals surface area contributed by atoms with Crippen molar-refractivity contribution in [3.63, 3.8) is 0 Å². The fourth-order valence-corrected chi connectivity index (χ4v) is 2.11. The number of benzene rings is 1. The first-order valence-corrected chi connectivity index (χ1v) is 6.91. The molecule has 0 atom stereocenters. The van der Waals surface area contributed by atoms with Crippen molar-refractivity contribution >= 4 is 0 Å². The summed E-state index contributed by atoms with van der Waals surface area (Å²) in [4.78, 5) is 6.39. The summed E-state index contributed by atoms with van der Waals surface area (Å²) in [5.74, 6) is 0.616. The predicted molar refractivity (Wildman–Crippen MR) is 79.5 cm³/mol. The highest BCUT2D eigenvalue weighted by Crippen LogP contribution is 2.30. The van der Waals surface area contributed by atoms with Crippen LogP contribution in [0.2, 0.25) is 0 Å². The molecule has 6 nitrogen and oxygen atoms in total. The summed E-state index contributed by atoms with van der Waals surface area (Å²) in [7, 11) is 3.96. The molecule has 0 amide bonds. The van der Waals surface area contributed by atoms with E-state index in [0.717, 1.165) is 6.54 Å². The smallest absolute Gasteiger partial charge is 0.261 e. The van der Waals surface area contributed by atoms with Crippen molar-refractivity contribution in [2.24, 2.45) is 0 Å². The van der Waals surface area contributed by atoms with Gasteiger partial charge in [-0.2, -0.15) is 10.1 Å². The van der Waals surface area contributed by atoms with Gasteiger partial charge in [0.2, 0.25) is 0 Å². The zero-order valence-corrected chi connectivity index (χ0v) is 12.4. The van der Waals surface area contributed by atoms with Gasteiger partial charge in [0.15, 0.2) is 5.82 Å². The average Bonchev–Trinajstić information content (AvgIpc) is 3.14. The van der Waals surface area contributed by atoms with E-state index in [0.29, 0.717) is 35.0 Å². The molecule has 7 heteroatoms. The Morgan fingerprint density at radius 2 is 2.05 bits per heavy atom.